The molecule has 0 aromatic heterocycles. The molecule has 8 heteroatoms. The van der Waals surface area contributed by atoms with E-state index in [9.17, 15) is 12.8 Å². The molecule has 0 spiro atoms. The quantitative estimate of drug-likeness (QED) is 0.682. The van der Waals surface area contributed by atoms with Gasteiger partial charge in [0.1, 0.15) is 11.6 Å². The highest BCUT2D eigenvalue weighted by atomic mass is 35.5. The number of sulfonamides is 1. The third kappa shape index (κ3) is 3.66. The first-order valence-corrected chi connectivity index (χ1v) is 8.93. The van der Waals surface area contributed by atoms with Crippen LogP contribution in [0.5, 0.6) is 5.75 Å². The molecule has 4 nitrogen and oxygen atoms in total. The fraction of sp³-hybridized carbons (Fsp3) is 0.125. The first-order valence-electron chi connectivity index (χ1n) is 6.73. The maximum atomic E-state index is 13.4. The highest BCUT2D eigenvalue weighted by Crippen LogP contribution is 2.31. The van der Waals surface area contributed by atoms with Gasteiger partial charge in [-0.3, -0.25) is 4.31 Å². The predicted octanol–water partition coefficient (Wildman–Crippen LogP) is 4.52. The molecule has 0 saturated heterocycles. The van der Waals surface area contributed by atoms with Gasteiger partial charge in [-0.1, -0.05) is 29.3 Å². The summed E-state index contributed by atoms with van der Waals surface area (Å²) < 4.78 is 45.3. The van der Waals surface area contributed by atoms with Crippen molar-refractivity contribution in [1.29, 1.82) is 0 Å². The van der Waals surface area contributed by atoms with Gasteiger partial charge < -0.3 is 4.74 Å². The Labute approximate surface area is 150 Å². The largest absolute Gasteiger partial charge is 0.495 e. The van der Waals surface area contributed by atoms with Crippen molar-refractivity contribution in [3.63, 3.8) is 0 Å². The molecule has 24 heavy (non-hydrogen) atoms. The molecule has 2 aromatic rings. The van der Waals surface area contributed by atoms with E-state index in [0.29, 0.717) is 5.75 Å². The van der Waals surface area contributed by atoms with Gasteiger partial charge in [-0.05, 0) is 36.4 Å². The predicted molar refractivity (Wildman–Crippen MR) is 94.1 cm³/mol. The van der Waals surface area contributed by atoms with Crippen LogP contribution in [-0.2, 0) is 10.0 Å². The number of hydrogen-bond acceptors (Lipinski definition) is 3. The van der Waals surface area contributed by atoms with Gasteiger partial charge in [0.05, 0.1) is 34.3 Å². The SMILES string of the molecule is C=CCN(c1ccc(F)c(Cl)c1)S(=O)(=O)c1ccc(OC)c(Cl)c1. The lowest BCUT2D eigenvalue weighted by Crippen LogP contribution is -2.31. The van der Waals surface area contributed by atoms with Gasteiger partial charge in [0.25, 0.3) is 10.0 Å². The second-order valence-corrected chi connectivity index (χ2v) is 7.40. The number of rotatable bonds is 6. The second-order valence-electron chi connectivity index (χ2n) is 4.72. The molecule has 0 aliphatic heterocycles. The molecule has 0 heterocycles. The van der Waals surface area contributed by atoms with Crippen LogP contribution in [0, 0.1) is 5.82 Å². The summed E-state index contributed by atoms with van der Waals surface area (Å²) in [7, 11) is -2.52. The number of nitrogens with zero attached hydrogens (tertiary/aromatic N) is 1. The molecular formula is C16H14Cl2FNO3S. The number of anilines is 1. The molecule has 2 rings (SSSR count). The minimum Gasteiger partial charge on any atom is -0.495 e. The van der Waals surface area contributed by atoms with E-state index in [4.69, 9.17) is 27.9 Å². The van der Waals surface area contributed by atoms with Crippen LogP contribution in [0.3, 0.4) is 0 Å². The van der Waals surface area contributed by atoms with Crippen molar-refractivity contribution >= 4 is 38.9 Å². The molecule has 0 aliphatic rings. The summed E-state index contributed by atoms with van der Waals surface area (Å²) in [5, 5.41) is -0.0150. The minimum absolute atomic E-state index is 0.0199. The maximum absolute atomic E-state index is 13.4. The van der Waals surface area contributed by atoms with Crippen LogP contribution >= 0.6 is 23.2 Å². The third-order valence-corrected chi connectivity index (χ3v) is 5.57. The molecule has 0 aliphatic carbocycles. The molecule has 0 N–H and O–H groups in total. The standard InChI is InChI=1S/C16H14Cl2FNO3S/c1-3-8-20(11-4-6-15(19)13(17)9-11)24(21,22)12-5-7-16(23-2)14(18)10-12/h3-7,9-10H,1,8H2,2H3. The van der Waals surface area contributed by atoms with E-state index in [-0.39, 0.29) is 27.2 Å². The Kier molecular flexibility index (Phi) is 5.74. The van der Waals surface area contributed by atoms with E-state index < -0.39 is 15.8 Å². The van der Waals surface area contributed by atoms with Crippen molar-refractivity contribution in [3.8, 4) is 5.75 Å². The van der Waals surface area contributed by atoms with Gasteiger partial charge in [-0.2, -0.15) is 0 Å². The van der Waals surface area contributed by atoms with E-state index in [0.717, 1.165) is 10.4 Å². The second kappa shape index (κ2) is 7.42. The summed E-state index contributed by atoms with van der Waals surface area (Å²) in [6, 6.07) is 7.79. The lowest BCUT2D eigenvalue weighted by atomic mass is 10.3. The normalized spacial score (nSPS) is 11.2. The first kappa shape index (κ1) is 18.6. The minimum atomic E-state index is -3.95. The molecule has 0 radical (unpaired) electrons. The van der Waals surface area contributed by atoms with E-state index in [2.05, 4.69) is 6.58 Å². The van der Waals surface area contributed by atoms with Crippen LogP contribution in [0.2, 0.25) is 10.0 Å². The van der Waals surface area contributed by atoms with Crippen molar-refractivity contribution in [2.24, 2.45) is 0 Å². The van der Waals surface area contributed by atoms with Gasteiger partial charge in [-0.25, -0.2) is 12.8 Å². The average Bonchev–Trinajstić information content (AvgIpc) is 2.55. The third-order valence-electron chi connectivity index (χ3n) is 3.20. The highest BCUT2D eigenvalue weighted by molar-refractivity contribution is 7.92. The Balaban J connectivity index is 2.54. The van der Waals surface area contributed by atoms with Crippen LogP contribution in [0.4, 0.5) is 10.1 Å². The van der Waals surface area contributed by atoms with Gasteiger partial charge in [-0.15, -0.1) is 6.58 Å². The Hall–Kier alpha value is -1.76. The zero-order valence-corrected chi connectivity index (χ0v) is 15.0. The highest BCUT2D eigenvalue weighted by Gasteiger charge is 2.25. The fourth-order valence-corrected chi connectivity index (χ4v) is 3.99. The molecule has 0 unspecified atom stereocenters. The van der Waals surface area contributed by atoms with Gasteiger partial charge in [0.2, 0.25) is 0 Å². The number of ether oxygens (including phenoxy) is 1. The average molecular weight is 390 g/mol. The molecule has 0 bridgehead atoms. The van der Waals surface area contributed by atoms with Crippen LogP contribution in [0.15, 0.2) is 53.9 Å². The van der Waals surface area contributed by atoms with Crippen molar-refractivity contribution in [1.82, 2.24) is 0 Å². The summed E-state index contributed by atoms with van der Waals surface area (Å²) in [5.41, 5.74) is 0.216. The summed E-state index contributed by atoms with van der Waals surface area (Å²) in [6.07, 6.45) is 1.42. The Bertz CT molecular complexity index is 872. The first-order chi connectivity index (χ1) is 11.3. The monoisotopic (exact) mass is 389 g/mol. The zero-order chi connectivity index (χ0) is 17.9. The van der Waals surface area contributed by atoms with E-state index >= 15 is 0 Å². The van der Waals surface area contributed by atoms with Crippen LogP contribution in [-0.4, -0.2) is 22.1 Å². The maximum Gasteiger partial charge on any atom is 0.264 e. The van der Waals surface area contributed by atoms with Crippen LogP contribution in [0.25, 0.3) is 0 Å². The lowest BCUT2D eigenvalue weighted by molar-refractivity contribution is 0.414. The van der Waals surface area contributed by atoms with E-state index in [1.807, 2.05) is 0 Å². The van der Waals surface area contributed by atoms with Crippen molar-refractivity contribution in [3.05, 3.63) is 64.9 Å². The lowest BCUT2D eigenvalue weighted by Gasteiger charge is -2.23. The Morgan fingerprint density at radius 2 is 1.92 bits per heavy atom. The Morgan fingerprint density at radius 3 is 2.46 bits per heavy atom. The topological polar surface area (TPSA) is 46.6 Å². The molecule has 0 amide bonds. The van der Waals surface area contributed by atoms with Gasteiger partial charge in [0, 0.05) is 0 Å². The van der Waals surface area contributed by atoms with Gasteiger partial charge in [0.15, 0.2) is 0 Å². The number of halogens is 3. The molecular weight excluding hydrogens is 376 g/mol. The molecule has 128 valence electrons. The van der Waals surface area contributed by atoms with E-state index in [1.165, 1.54) is 43.5 Å². The van der Waals surface area contributed by atoms with Crippen molar-refractivity contribution in [2.45, 2.75) is 4.90 Å². The van der Waals surface area contributed by atoms with E-state index in [1.54, 1.807) is 0 Å². The molecule has 0 atom stereocenters. The van der Waals surface area contributed by atoms with Crippen LogP contribution < -0.4 is 9.04 Å². The Morgan fingerprint density at radius 1 is 1.21 bits per heavy atom. The number of methoxy groups -OCH3 is 1. The summed E-state index contributed by atoms with van der Waals surface area (Å²) >= 11 is 11.8. The number of hydrogen-bond donors (Lipinski definition) is 0. The summed E-state index contributed by atoms with van der Waals surface area (Å²) in [5.74, 6) is -0.278. The summed E-state index contributed by atoms with van der Waals surface area (Å²) in [6.45, 7) is 3.54. The van der Waals surface area contributed by atoms with Crippen molar-refractivity contribution in [2.75, 3.05) is 18.0 Å². The molecule has 2 aromatic carbocycles. The zero-order valence-electron chi connectivity index (χ0n) is 12.7. The summed E-state index contributed by atoms with van der Waals surface area (Å²) in [4.78, 5) is -0.0319. The van der Waals surface area contributed by atoms with Crippen LogP contribution in [0.1, 0.15) is 0 Å². The molecule has 0 fully saturated rings. The number of benzene rings is 2. The van der Waals surface area contributed by atoms with Gasteiger partial charge >= 0.3 is 0 Å². The van der Waals surface area contributed by atoms with Crippen molar-refractivity contribution < 1.29 is 17.5 Å². The smallest absolute Gasteiger partial charge is 0.264 e. The molecule has 0 saturated carbocycles. The fourth-order valence-electron chi connectivity index (χ4n) is 2.03.